The van der Waals surface area contributed by atoms with Crippen molar-refractivity contribution in [2.75, 3.05) is 6.54 Å². The highest BCUT2D eigenvalue weighted by atomic mass is 19.1. The lowest BCUT2D eigenvalue weighted by molar-refractivity contribution is 0.0943. The Morgan fingerprint density at radius 1 is 1.06 bits per heavy atom. The standard InChI is InChI=1S/C28H27F2N3O3/c1-15-12-22(25(33-15)20-7-8-23(30)27(35)26(20)34)28(36)32-14-16-2-4-17(5-3-16)19-10-11-31-24-9-6-18(29)13-21(19)24/h6-13,16-17,33-35H,2-5,14H2,1H3,(H,32,36). The number of hydrogen-bond acceptors (Lipinski definition) is 4. The fraction of sp³-hybridized carbons (Fsp3) is 0.286. The number of hydrogen-bond donors (Lipinski definition) is 4. The van der Waals surface area contributed by atoms with Gasteiger partial charge in [-0.05, 0) is 92.5 Å². The van der Waals surface area contributed by atoms with Crippen molar-refractivity contribution >= 4 is 16.8 Å². The van der Waals surface area contributed by atoms with Gasteiger partial charge in [-0.1, -0.05) is 0 Å². The Hall–Kier alpha value is -3.94. The fourth-order valence-electron chi connectivity index (χ4n) is 5.24. The molecule has 2 heterocycles. The molecule has 1 aliphatic rings. The van der Waals surface area contributed by atoms with E-state index in [1.54, 1.807) is 31.3 Å². The molecule has 5 rings (SSSR count). The number of nitrogens with zero attached hydrogens (tertiary/aromatic N) is 1. The number of fused-ring (bicyclic) bond motifs is 1. The van der Waals surface area contributed by atoms with E-state index in [9.17, 15) is 23.8 Å². The Kier molecular flexibility index (Phi) is 6.35. The molecule has 8 heteroatoms. The predicted molar refractivity (Wildman–Crippen MR) is 133 cm³/mol. The van der Waals surface area contributed by atoms with Gasteiger partial charge in [0.15, 0.2) is 17.3 Å². The van der Waals surface area contributed by atoms with Gasteiger partial charge in [-0.2, -0.15) is 0 Å². The number of carbonyl (C=O) groups excluding carboxylic acids is 1. The molecule has 1 amide bonds. The lowest BCUT2D eigenvalue weighted by atomic mass is 9.78. The molecule has 2 aromatic carbocycles. The zero-order valence-corrected chi connectivity index (χ0v) is 19.8. The number of aromatic nitrogens is 2. The van der Waals surface area contributed by atoms with Crippen molar-refractivity contribution in [2.45, 2.75) is 38.5 Å². The first-order valence-electron chi connectivity index (χ1n) is 12.0. The maximum absolute atomic E-state index is 13.8. The molecule has 0 unspecified atom stereocenters. The minimum Gasteiger partial charge on any atom is -0.504 e. The first-order valence-corrected chi connectivity index (χ1v) is 12.0. The van der Waals surface area contributed by atoms with Crippen LogP contribution in [0.2, 0.25) is 0 Å². The van der Waals surface area contributed by atoms with E-state index in [1.165, 1.54) is 12.1 Å². The Balaban J connectivity index is 1.25. The second-order valence-corrected chi connectivity index (χ2v) is 9.52. The van der Waals surface area contributed by atoms with Gasteiger partial charge >= 0.3 is 0 Å². The number of benzene rings is 2. The first-order chi connectivity index (χ1) is 17.3. The van der Waals surface area contributed by atoms with Crippen LogP contribution in [0.4, 0.5) is 8.78 Å². The summed E-state index contributed by atoms with van der Waals surface area (Å²) in [7, 11) is 0. The van der Waals surface area contributed by atoms with Crippen LogP contribution in [0.5, 0.6) is 11.5 Å². The average molecular weight is 492 g/mol. The molecule has 0 aliphatic heterocycles. The molecular formula is C28H27F2N3O3. The van der Waals surface area contributed by atoms with Crippen LogP contribution < -0.4 is 5.32 Å². The number of halogens is 2. The van der Waals surface area contributed by atoms with Gasteiger partial charge in [0.25, 0.3) is 5.91 Å². The summed E-state index contributed by atoms with van der Waals surface area (Å²) in [5.74, 6) is -2.36. The van der Waals surface area contributed by atoms with Crippen LogP contribution in [0.25, 0.3) is 22.2 Å². The molecule has 0 bridgehead atoms. The number of aromatic hydroxyl groups is 2. The van der Waals surface area contributed by atoms with E-state index in [0.29, 0.717) is 35.3 Å². The number of amides is 1. The summed E-state index contributed by atoms with van der Waals surface area (Å²) in [4.78, 5) is 20.4. The van der Waals surface area contributed by atoms with Crippen LogP contribution in [0.15, 0.2) is 48.7 Å². The van der Waals surface area contributed by atoms with Gasteiger partial charge in [-0.15, -0.1) is 0 Å². The third kappa shape index (κ3) is 4.51. The zero-order valence-electron chi connectivity index (χ0n) is 19.8. The highest BCUT2D eigenvalue weighted by molar-refractivity contribution is 6.01. The second-order valence-electron chi connectivity index (χ2n) is 9.52. The van der Waals surface area contributed by atoms with E-state index in [0.717, 1.165) is 48.2 Å². The molecule has 1 fully saturated rings. The predicted octanol–water partition coefficient (Wildman–Crippen LogP) is 5.93. The normalized spacial score (nSPS) is 17.9. The van der Waals surface area contributed by atoms with Gasteiger partial charge < -0.3 is 20.5 Å². The molecule has 36 heavy (non-hydrogen) atoms. The van der Waals surface area contributed by atoms with Gasteiger partial charge in [-0.25, -0.2) is 8.78 Å². The number of H-pyrrole nitrogens is 1. The lowest BCUT2D eigenvalue weighted by Crippen LogP contribution is -2.31. The molecule has 2 aromatic heterocycles. The lowest BCUT2D eigenvalue weighted by Gasteiger charge is -2.29. The third-order valence-corrected chi connectivity index (χ3v) is 7.14. The number of aryl methyl sites for hydroxylation is 1. The van der Waals surface area contributed by atoms with Crippen LogP contribution in [0.3, 0.4) is 0 Å². The molecule has 6 nitrogen and oxygen atoms in total. The molecule has 0 radical (unpaired) electrons. The Morgan fingerprint density at radius 3 is 2.61 bits per heavy atom. The van der Waals surface area contributed by atoms with Crippen molar-refractivity contribution in [1.82, 2.24) is 15.3 Å². The van der Waals surface area contributed by atoms with Crippen LogP contribution >= 0.6 is 0 Å². The highest BCUT2D eigenvalue weighted by Gasteiger charge is 2.26. The minimum absolute atomic E-state index is 0.147. The van der Waals surface area contributed by atoms with Gasteiger partial charge in [0, 0.05) is 29.4 Å². The molecular weight excluding hydrogens is 464 g/mol. The average Bonchev–Trinajstić information content (AvgIpc) is 3.27. The summed E-state index contributed by atoms with van der Waals surface area (Å²) in [6.07, 6.45) is 5.50. The topological polar surface area (TPSA) is 98.2 Å². The van der Waals surface area contributed by atoms with Crippen LogP contribution in [-0.4, -0.2) is 32.6 Å². The van der Waals surface area contributed by atoms with Crippen LogP contribution in [0.1, 0.15) is 53.2 Å². The number of nitrogens with one attached hydrogen (secondary N) is 2. The van der Waals surface area contributed by atoms with Crippen molar-refractivity contribution in [3.8, 4) is 22.8 Å². The molecule has 0 atom stereocenters. The number of aromatic amines is 1. The van der Waals surface area contributed by atoms with Gasteiger partial charge in [-0.3, -0.25) is 9.78 Å². The number of rotatable bonds is 5. The number of carbonyl (C=O) groups is 1. The van der Waals surface area contributed by atoms with E-state index >= 15 is 0 Å². The molecule has 1 saturated carbocycles. The van der Waals surface area contributed by atoms with Crippen molar-refractivity contribution in [2.24, 2.45) is 5.92 Å². The van der Waals surface area contributed by atoms with Gasteiger partial charge in [0.05, 0.1) is 16.8 Å². The van der Waals surface area contributed by atoms with E-state index in [2.05, 4.69) is 15.3 Å². The summed E-state index contributed by atoms with van der Waals surface area (Å²) in [6.45, 7) is 2.28. The SMILES string of the molecule is Cc1cc(C(=O)NCC2CCC(c3ccnc4ccc(F)cc34)CC2)c(-c2ccc(F)c(O)c2O)[nH]1. The van der Waals surface area contributed by atoms with E-state index in [-0.39, 0.29) is 17.3 Å². The Morgan fingerprint density at radius 2 is 1.83 bits per heavy atom. The van der Waals surface area contributed by atoms with E-state index in [4.69, 9.17) is 0 Å². The molecule has 4 aromatic rings. The molecule has 4 N–H and O–H groups in total. The smallest absolute Gasteiger partial charge is 0.253 e. The monoisotopic (exact) mass is 491 g/mol. The summed E-state index contributed by atoms with van der Waals surface area (Å²) in [5.41, 5.74) is 3.39. The van der Waals surface area contributed by atoms with Gasteiger partial charge in [0.1, 0.15) is 5.82 Å². The molecule has 186 valence electrons. The van der Waals surface area contributed by atoms with Crippen LogP contribution in [-0.2, 0) is 0 Å². The fourth-order valence-corrected chi connectivity index (χ4v) is 5.24. The van der Waals surface area contributed by atoms with Crippen LogP contribution in [0, 0.1) is 24.5 Å². The minimum atomic E-state index is -0.939. The zero-order chi connectivity index (χ0) is 25.4. The van der Waals surface area contributed by atoms with Crippen molar-refractivity contribution in [3.63, 3.8) is 0 Å². The summed E-state index contributed by atoms with van der Waals surface area (Å²) >= 11 is 0. The van der Waals surface area contributed by atoms with Crippen molar-refractivity contribution < 1.29 is 23.8 Å². The number of phenolic OH excluding ortho intramolecular Hbond substituents is 2. The molecule has 0 saturated heterocycles. The summed E-state index contributed by atoms with van der Waals surface area (Å²) in [5, 5.41) is 23.8. The summed E-state index contributed by atoms with van der Waals surface area (Å²) < 4.78 is 27.4. The third-order valence-electron chi connectivity index (χ3n) is 7.14. The Labute approximate surface area is 207 Å². The van der Waals surface area contributed by atoms with E-state index in [1.807, 2.05) is 6.07 Å². The van der Waals surface area contributed by atoms with Gasteiger partial charge in [0.2, 0.25) is 0 Å². The highest BCUT2D eigenvalue weighted by Crippen LogP contribution is 2.40. The van der Waals surface area contributed by atoms with Crippen molar-refractivity contribution in [1.29, 1.82) is 0 Å². The van der Waals surface area contributed by atoms with E-state index < -0.39 is 17.3 Å². The Bertz CT molecular complexity index is 1440. The second kappa shape index (κ2) is 9.60. The molecule has 0 spiro atoms. The largest absolute Gasteiger partial charge is 0.504 e. The number of pyridine rings is 1. The maximum Gasteiger partial charge on any atom is 0.253 e. The quantitative estimate of drug-likeness (QED) is 0.260. The van der Waals surface area contributed by atoms with Crippen molar-refractivity contribution in [3.05, 3.63) is 77.1 Å². The summed E-state index contributed by atoms with van der Waals surface area (Å²) in [6, 6.07) is 10.7. The number of phenols is 2. The first kappa shape index (κ1) is 23.8. The molecule has 1 aliphatic carbocycles. The maximum atomic E-state index is 13.8.